The Kier molecular flexibility index (Phi) is 4.44. The normalized spacial score (nSPS) is 19.2. The van der Waals surface area contributed by atoms with Gasteiger partial charge in [0, 0.05) is 23.6 Å². The number of hydrogen-bond acceptors (Lipinski definition) is 4. The van der Waals surface area contributed by atoms with E-state index in [-0.39, 0.29) is 12.5 Å². The van der Waals surface area contributed by atoms with Gasteiger partial charge in [0.1, 0.15) is 6.04 Å². The first-order valence-corrected chi connectivity index (χ1v) is 7.10. The Bertz CT molecular complexity index is 474. The van der Waals surface area contributed by atoms with Gasteiger partial charge in [-0.25, -0.2) is 4.79 Å². The highest BCUT2D eigenvalue weighted by Gasteiger charge is 2.32. The monoisotopic (exact) mass is 281 g/mol. The van der Waals surface area contributed by atoms with E-state index < -0.39 is 12.0 Å². The number of carboxylic acids is 1. The summed E-state index contributed by atoms with van der Waals surface area (Å²) in [5, 5.41) is 18.1. The molecule has 1 aromatic rings. The summed E-state index contributed by atoms with van der Waals surface area (Å²) >= 11 is 1.55. The molecule has 19 heavy (non-hydrogen) atoms. The summed E-state index contributed by atoms with van der Waals surface area (Å²) in [6.45, 7) is 0.370. The van der Waals surface area contributed by atoms with Crippen LogP contribution >= 0.6 is 11.8 Å². The predicted molar refractivity (Wildman–Crippen MR) is 72.2 cm³/mol. The van der Waals surface area contributed by atoms with Gasteiger partial charge in [0.25, 0.3) is 5.91 Å². The summed E-state index contributed by atoms with van der Waals surface area (Å²) in [5.41, 5.74) is 1.18. The van der Waals surface area contributed by atoms with Gasteiger partial charge in [-0.05, 0) is 17.7 Å². The molecule has 5 nitrogen and oxygen atoms in total. The van der Waals surface area contributed by atoms with Gasteiger partial charge in [0.05, 0.1) is 6.61 Å². The van der Waals surface area contributed by atoms with Crippen molar-refractivity contribution in [3.8, 4) is 0 Å². The molecule has 1 fully saturated rings. The zero-order chi connectivity index (χ0) is 13.8. The summed E-state index contributed by atoms with van der Waals surface area (Å²) in [6, 6.07) is 5.82. The molecule has 0 bridgehead atoms. The van der Waals surface area contributed by atoms with Gasteiger partial charge < -0.3 is 15.1 Å². The fourth-order valence-corrected chi connectivity index (χ4v) is 3.01. The molecule has 0 radical (unpaired) electrons. The maximum Gasteiger partial charge on any atom is 0.327 e. The molecule has 102 valence electrons. The van der Waals surface area contributed by atoms with Crippen molar-refractivity contribution in [2.75, 3.05) is 18.1 Å². The quantitative estimate of drug-likeness (QED) is 0.857. The number of hydrogen-bond donors (Lipinski definition) is 2. The highest BCUT2D eigenvalue weighted by atomic mass is 32.2. The lowest BCUT2D eigenvalue weighted by molar-refractivity contribution is -0.141. The van der Waals surface area contributed by atoms with Crippen LogP contribution in [0.15, 0.2) is 24.3 Å². The van der Waals surface area contributed by atoms with E-state index in [2.05, 4.69) is 0 Å². The number of carboxylic acid groups (broad SMARTS) is 1. The van der Waals surface area contributed by atoms with Gasteiger partial charge in [-0.1, -0.05) is 12.1 Å². The average molecular weight is 281 g/mol. The van der Waals surface area contributed by atoms with Crippen molar-refractivity contribution in [2.24, 2.45) is 0 Å². The van der Waals surface area contributed by atoms with Crippen molar-refractivity contribution < 1.29 is 19.8 Å². The van der Waals surface area contributed by atoms with Crippen LogP contribution < -0.4 is 0 Å². The largest absolute Gasteiger partial charge is 0.480 e. The smallest absolute Gasteiger partial charge is 0.327 e. The van der Waals surface area contributed by atoms with E-state index in [1.165, 1.54) is 4.90 Å². The van der Waals surface area contributed by atoms with E-state index in [9.17, 15) is 9.59 Å². The van der Waals surface area contributed by atoms with Crippen molar-refractivity contribution in [3.63, 3.8) is 0 Å². The van der Waals surface area contributed by atoms with E-state index in [1.807, 2.05) is 0 Å². The summed E-state index contributed by atoms with van der Waals surface area (Å²) in [6.07, 6.45) is 0. The van der Waals surface area contributed by atoms with Crippen molar-refractivity contribution in [3.05, 3.63) is 35.4 Å². The number of carbonyl (C=O) groups excluding carboxylic acids is 1. The van der Waals surface area contributed by atoms with Crippen LogP contribution in [-0.2, 0) is 11.4 Å². The second-order valence-corrected chi connectivity index (χ2v) is 5.43. The van der Waals surface area contributed by atoms with Gasteiger partial charge in [-0.15, -0.1) is 0 Å². The maximum absolute atomic E-state index is 12.3. The fourth-order valence-electron chi connectivity index (χ4n) is 1.97. The highest BCUT2D eigenvalue weighted by Crippen LogP contribution is 2.19. The Labute approximate surface area is 115 Å². The van der Waals surface area contributed by atoms with E-state index >= 15 is 0 Å². The number of aliphatic hydroxyl groups is 1. The fraction of sp³-hybridized carbons (Fsp3) is 0.385. The maximum atomic E-state index is 12.3. The van der Waals surface area contributed by atoms with E-state index in [4.69, 9.17) is 10.2 Å². The second-order valence-electron chi connectivity index (χ2n) is 4.28. The first-order valence-electron chi connectivity index (χ1n) is 5.95. The Morgan fingerprint density at radius 3 is 2.58 bits per heavy atom. The number of nitrogens with zero attached hydrogens (tertiary/aromatic N) is 1. The van der Waals surface area contributed by atoms with Gasteiger partial charge in [0.2, 0.25) is 0 Å². The Balaban J connectivity index is 2.18. The van der Waals surface area contributed by atoms with Gasteiger partial charge in [-0.3, -0.25) is 4.79 Å². The molecule has 0 aromatic heterocycles. The lowest BCUT2D eigenvalue weighted by atomic mass is 10.1. The molecule has 2 N–H and O–H groups in total. The number of carbonyl (C=O) groups is 2. The Morgan fingerprint density at radius 1 is 1.32 bits per heavy atom. The van der Waals surface area contributed by atoms with Crippen LogP contribution in [-0.4, -0.2) is 51.1 Å². The number of amides is 1. The van der Waals surface area contributed by atoms with Crippen molar-refractivity contribution in [2.45, 2.75) is 12.6 Å². The first kappa shape index (κ1) is 13.9. The third-order valence-corrected chi connectivity index (χ3v) is 4.08. The number of rotatable bonds is 3. The molecule has 1 aliphatic heterocycles. The van der Waals surface area contributed by atoms with Crippen LogP contribution in [0.1, 0.15) is 15.9 Å². The predicted octanol–water partition coefficient (Wildman–Crippen LogP) is 0.821. The molecule has 6 heteroatoms. The van der Waals surface area contributed by atoms with E-state index in [0.29, 0.717) is 17.9 Å². The highest BCUT2D eigenvalue weighted by molar-refractivity contribution is 7.99. The van der Waals surface area contributed by atoms with Crippen LogP contribution in [0.2, 0.25) is 0 Å². The SMILES string of the molecule is O=C(O)C1CSCCN1C(=O)c1ccc(CO)cc1. The topological polar surface area (TPSA) is 77.8 Å². The van der Waals surface area contributed by atoms with Crippen LogP contribution in [0.5, 0.6) is 0 Å². The van der Waals surface area contributed by atoms with E-state index in [0.717, 1.165) is 11.3 Å². The number of aliphatic carboxylic acids is 1. The van der Waals surface area contributed by atoms with Crippen LogP contribution in [0.4, 0.5) is 0 Å². The average Bonchev–Trinajstić information content (AvgIpc) is 2.46. The minimum absolute atomic E-state index is 0.0768. The Hall–Kier alpha value is -1.53. The van der Waals surface area contributed by atoms with Gasteiger partial charge >= 0.3 is 5.97 Å². The number of benzene rings is 1. The number of thioether (sulfide) groups is 1. The molecule has 1 atom stereocenters. The van der Waals surface area contributed by atoms with Crippen molar-refractivity contribution >= 4 is 23.6 Å². The molecular weight excluding hydrogens is 266 g/mol. The molecule has 1 amide bonds. The summed E-state index contributed by atoms with van der Waals surface area (Å²) in [4.78, 5) is 24.9. The second kappa shape index (κ2) is 6.08. The molecule has 1 aliphatic rings. The van der Waals surface area contributed by atoms with Crippen LogP contribution in [0.25, 0.3) is 0 Å². The van der Waals surface area contributed by atoms with Crippen molar-refractivity contribution in [1.82, 2.24) is 4.90 Å². The molecule has 0 aliphatic carbocycles. The first-order chi connectivity index (χ1) is 9.13. The van der Waals surface area contributed by atoms with Gasteiger partial charge in [0.15, 0.2) is 0 Å². The summed E-state index contributed by atoms with van der Waals surface area (Å²) in [7, 11) is 0. The third-order valence-electron chi connectivity index (χ3n) is 3.06. The van der Waals surface area contributed by atoms with Crippen molar-refractivity contribution in [1.29, 1.82) is 0 Å². The number of aliphatic hydroxyl groups excluding tert-OH is 1. The van der Waals surface area contributed by atoms with Crippen LogP contribution in [0, 0.1) is 0 Å². The standard InChI is InChI=1S/C13H15NO4S/c15-7-9-1-3-10(4-2-9)12(16)14-5-6-19-8-11(14)13(17)18/h1-4,11,15H,5-8H2,(H,17,18). The lowest BCUT2D eigenvalue weighted by Gasteiger charge is -2.32. The molecule has 0 saturated carbocycles. The lowest BCUT2D eigenvalue weighted by Crippen LogP contribution is -2.50. The molecule has 1 aromatic carbocycles. The molecule has 2 rings (SSSR count). The molecule has 1 heterocycles. The van der Waals surface area contributed by atoms with E-state index in [1.54, 1.807) is 36.0 Å². The molecule has 1 saturated heterocycles. The summed E-state index contributed by atoms with van der Waals surface area (Å²) in [5.74, 6) is -0.0511. The summed E-state index contributed by atoms with van der Waals surface area (Å²) < 4.78 is 0. The minimum atomic E-state index is -0.965. The Morgan fingerprint density at radius 2 is 2.00 bits per heavy atom. The zero-order valence-corrected chi connectivity index (χ0v) is 11.1. The molecular formula is C13H15NO4S. The zero-order valence-electron chi connectivity index (χ0n) is 10.3. The van der Waals surface area contributed by atoms with Gasteiger partial charge in [-0.2, -0.15) is 11.8 Å². The minimum Gasteiger partial charge on any atom is -0.480 e. The van der Waals surface area contributed by atoms with Crippen LogP contribution in [0.3, 0.4) is 0 Å². The molecule has 1 unspecified atom stereocenters. The third kappa shape index (κ3) is 3.08. The molecule has 0 spiro atoms.